The Morgan fingerprint density at radius 2 is 2.13 bits per heavy atom. The van der Waals surface area contributed by atoms with Gasteiger partial charge in [0.1, 0.15) is 0 Å². The molecule has 0 amide bonds. The van der Waals surface area contributed by atoms with Crippen LogP contribution in [0.3, 0.4) is 0 Å². The Morgan fingerprint density at radius 1 is 1.33 bits per heavy atom. The molecular formula is C12H13NO2. The quantitative estimate of drug-likeness (QED) is 0.831. The molecule has 0 saturated carbocycles. The monoisotopic (exact) mass is 203 g/mol. The summed E-state index contributed by atoms with van der Waals surface area (Å²) in [4.78, 5) is 4.10. The highest BCUT2D eigenvalue weighted by Crippen LogP contribution is 2.26. The molecule has 0 aliphatic heterocycles. The van der Waals surface area contributed by atoms with E-state index < -0.39 is 0 Å². The summed E-state index contributed by atoms with van der Waals surface area (Å²) in [5.41, 5.74) is 3.00. The zero-order valence-electron chi connectivity index (χ0n) is 8.60. The van der Waals surface area contributed by atoms with Gasteiger partial charge in [-0.2, -0.15) is 0 Å². The lowest BCUT2D eigenvalue weighted by Gasteiger charge is -2.03. The minimum absolute atomic E-state index is 0.0887. The fourth-order valence-corrected chi connectivity index (χ4v) is 1.60. The van der Waals surface area contributed by atoms with E-state index in [1.54, 1.807) is 0 Å². The molecule has 78 valence electrons. The largest absolute Gasteiger partial charge is 0.443 e. The fraction of sp³-hybridized carbons (Fsp3) is 0.250. The van der Waals surface area contributed by atoms with E-state index >= 15 is 0 Å². The van der Waals surface area contributed by atoms with Crippen LogP contribution in [0.5, 0.6) is 0 Å². The minimum atomic E-state index is 0.0887. The van der Waals surface area contributed by atoms with Gasteiger partial charge in [-0.25, -0.2) is 4.98 Å². The van der Waals surface area contributed by atoms with Gasteiger partial charge >= 0.3 is 0 Å². The van der Waals surface area contributed by atoms with Crippen molar-refractivity contribution in [3.8, 4) is 11.3 Å². The summed E-state index contributed by atoms with van der Waals surface area (Å²) in [5.74, 6) is 0.766. The highest BCUT2D eigenvalue weighted by atomic mass is 16.3. The van der Waals surface area contributed by atoms with Gasteiger partial charge in [0.05, 0.1) is 5.69 Å². The van der Waals surface area contributed by atoms with Gasteiger partial charge in [-0.1, -0.05) is 24.3 Å². The van der Waals surface area contributed by atoms with Crippen molar-refractivity contribution in [1.29, 1.82) is 0 Å². The molecule has 2 rings (SSSR count). The average molecular weight is 203 g/mol. The van der Waals surface area contributed by atoms with Crippen LogP contribution in [-0.2, 0) is 6.42 Å². The van der Waals surface area contributed by atoms with Gasteiger partial charge in [-0.05, 0) is 12.5 Å². The molecule has 0 spiro atoms. The summed E-state index contributed by atoms with van der Waals surface area (Å²) in [6, 6.07) is 7.98. The summed E-state index contributed by atoms with van der Waals surface area (Å²) in [7, 11) is 0. The number of aliphatic hydroxyl groups is 1. The van der Waals surface area contributed by atoms with E-state index in [1.807, 2.05) is 31.2 Å². The van der Waals surface area contributed by atoms with Crippen LogP contribution in [-0.4, -0.2) is 16.7 Å². The van der Waals surface area contributed by atoms with Crippen molar-refractivity contribution in [1.82, 2.24) is 4.98 Å². The molecule has 0 aliphatic rings. The molecule has 1 N–H and O–H groups in total. The maximum Gasteiger partial charge on any atom is 0.181 e. The van der Waals surface area contributed by atoms with Crippen LogP contribution < -0.4 is 0 Å². The number of oxazole rings is 1. The molecule has 0 aliphatic carbocycles. The SMILES string of the molecule is Cc1ccccc1-c1ocnc1CCO. The lowest BCUT2D eigenvalue weighted by Crippen LogP contribution is -1.93. The van der Waals surface area contributed by atoms with Gasteiger partial charge in [0.2, 0.25) is 0 Å². The van der Waals surface area contributed by atoms with Crippen LogP contribution in [0, 0.1) is 6.92 Å². The highest BCUT2D eigenvalue weighted by Gasteiger charge is 2.11. The van der Waals surface area contributed by atoms with Crippen molar-refractivity contribution in [3.63, 3.8) is 0 Å². The lowest BCUT2D eigenvalue weighted by molar-refractivity contribution is 0.298. The number of benzene rings is 1. The van der Waals surface area contributed by atoms with Crippen LogP contribution >= 0.6 is 0 Å². The van der Waals surface area contributed by atoms with Crippen molar-refractivity contribution in [2.24, 2.45) is 0 Å². The molecule has 15 heavy (non-hydrogen) atoms. The Morgan fingerprint density at radius 3 is 2.87 bits per heavy atom. The molecule has 0 radical (unpaired) electrons. The molecule has 1 aromatic carbocycles. The van der Waals surface area contributed by atoms with Gasteiger partial charge in [0, 0.05) is 18.6 Å². The highest BCUT2D eigenvalue weighted by molar-refractivity contribution is 5.63. The van der Waals surface area contributed by atoms with Gasteiger partial charge < -0.3 is 9.52 Å². The first-order valence-electron chi connectivity index (χ1n) is 4.92. The van der Waals surface area contributed by atoms with E-state index in [1.165, 1.54) is 6.39 Å². The van der Waals surface area contributed by atoms with Crippen LogP contribution in [0.1, 0.15) is 11.3 Å². The molecule has 1 heterocycles. The van der Waals surface area contributed by atoms with E-state index in [9.17, 15) is 0 Å². The molecule has 1 aromatic heterocycles. The predicted octanol–water partition coefficient (Wildman–Crippen LogP) is 2.18. The van der Waals surface area contributed by atoms with Crippen molar-refractivity contribution in [2.45, 2.75) is 13.3 Å². The number of rotatable bonds is 3. The lowest BCUT2D eigenvalue weighted by atomic mass is 10.0. The summed E-state index contributed by atoms with van der Waals surface area (Å²) in [6.07, 6.45) is 1.95. The standard InChI is InChI=1S/C12H13NO2/c1-9-4-2-3-5-10(9)12-11(6-7-14)13-8-15-12/h2-5,8,14H,6-7H2,1H3. The Hall–Kier alpha value is -1.61. The molecule has 0 saturated heterocycles. The molecule has 0 bridgehead atoms. The van der Waals surface area contributed by atoms with E-state index in [2.05, 4.69) is 4.98 Å². The number of aryl methyl sites for hydroxylation is 1. The minimum Gasteiger partial charge on any atom is -0.443 e. The number of hydrogen-bond donors (Lipinski definition) is 1. The molecule has 3 nitrogen and oxygen atoms in total. The van der Waals surface area contributed by atoms with Crippen molar-refractivity contribution in [3.05, 3.63) is 41.9 Å². The summed E-state index contributed by atoms with van der Waals surface area (Å²) >= 11 is 0. The summed E-state index contributed by atoms with van der Waals surface area (Å²) in [6.45, 7) is 2.12. The Bertz CT molecular complexity index is 448. The third-order valence-corrected chi connectivity index (χ3v) is 2.38. The third kappa shape index (κ3) is 1.92. The molecule has 0 atom stereocenters. The van der Waals surface area contributed by atoms with E-state index in [0.29, 0.717) is 6.42 Å². The smallest absolute Gasteiger partial charge is 0.181 e. The number of nitrogens with zero attached hydrogens (tertiary/aromatic N) is 1. The first kappa shape index (κ1) is 9.93. The zero-order valence-corrected chi connectivity index (χ0v) is 8.60. The van der Waals surface area contributed by atoms with Crippen molar-refractivity contribution in [2.75, 3.05) is 6.61 Å². The molecule has 0 unspecified atom stereocenters. The van der Waals surface area contributed by atoms with Crippen LogP contribution in [0.15, 0.2) is 35.1 Å². The Balaban J connectivity index is 2.45. The first-order chi connectivity index (χ1) is 7.33. The topological polar surface area (TPSA) is 46.3 Å². The molecule has 2 aromatic rings. The zero-order chi connectivity index (χ0) is 10.7. The van der Waals surface area contributed by atoms with Crippen LogP contribution in [0.25, 0.3) is 11.3 Å². The maximum absolute atomic E-state index is 8.90. The third-order valence-electron chi connectivity index (χ3n) is 2.38. The second-order valence-electron chi connectivity index (χ2n) is 3.42. The van der Waals surface area contributed by atoms with Gasteiger partial charge in [0.25, 0.3) is 0 Å². The second kappa shape index (κ2) is 4.28. The van der Waals surface area contributed by atoms with E-state index in [-0.39, 0.29) is 6.61 Å². The molecule has 3 heteroatoms. The van der Waals surface area contributed by atoms with Crippen LogP contribution in [0.2, 0.25) is 0 Å². The maximum atomic E-state index is 8.90. The number of hydrogen-bond acceptors (Lipinski definition) is 3. The van der Waals surface area contributed by atoms with E-state index in [0.717, 1.165) is 22.6 Å². The summed E-state index contributed by atoms with van der Waals surface area (Å²) < 4.78 is 5.36. The molecule has 0 fully saturated rings. The van der Waals surface area contributed by atoms with Gasteiger partial charge in [-0.3, -0.25) is 0 Å². The van der Waals surface area contributed by atoms with Gasteiger partial charge in [0.15, 0.2) is 12.2 Å². The van der Waals surface area contributed by atoms with Crippen LogP contribution in [0.4, 0.5) is 0 Å². The van der Waals surface area contributed by atoms with Crippen molar-refractivity contribution < 1.29 is 9.52 Å². The number of aromatic nitrogens is 1. The predicted molar refractivity (Wildman–Crippen MR) is 57.5 cm³/mol. The second-order valence-corrected chi connectivity index (χ2v) is 3.42. The fourth-order valence-electron chi connectivity index (χ4n) is 1.60. The van der Waals surface area contributed by atoms with Crippen molar-refractivity contribution >= 4 is 0 Å². The number of aliphatic hydroxyl groups excluding tert-OH is 1. The normalized spacial score (nSPS) is 10.5. The van der Waals surface area contributed by atoms with E-state index in [4.69, 9.17) is 9.52 Å². The Kier molecular flexibility index (Phi) is 2.83. The summed E-state index contributed by atoms with van der Waals surface area (Å²) in [5, 5.41) is 8.90. The Labute approximate surface area is 88.4 Å². The first-order valence-corrected chi connectivity index (χ1v) is 4.92. The average Bonchev–Trinajstić information content (AvgIpc) is 2.67. The molecular weight excluding hydrogens is 190 g/mol. The van der Waals surface area contributed by atoms with Gasteiger partial charge in [-0.15, -0.1) is 0 Å².